The first-order valence-corrected chi connectivity index (χ1v) is 10.9. The summed E-state index contributed by atoms with van der Waals surface area (Å²) >= 11 is 0. The number of benzene rings is 1. The number of nitrogens with one attached hydrogen (secondary N) is 3. The zero-order chi connectivity index (χ0) is 22.4. The normalized spacial score (nSPS) is 11.6. The van der Waals surface area contributed by atoms with E-state index >= 15 is 0 Å². The minimum atomic E-state index is -4.19. The Morgan fingerprint density at radius 2 is 1.93 bits per heavy atom. The molecular weight excluding hydrogens is 410 g/mol. The van der Waals surface area contributed by atoms with E-state index in [4.69, 9.17) is 9.15 Å². The Kier molecular flexibility index (Phi) is 7.49. The van der Waals surface area contributed by atoms with Crippen molar-refractivity contribution < 1.29 is 27.2 Å². The van der Waals surface area contributed by atoms with Gasteiger partial charge < -0.3 is 19.8 Å². The Balaban J connectivity index is 2.26. The van der Waals surface area contributed by atoms with E-state index in [1.54, 1.807) is 18.4 Å². The summed E-state index contributed by atoms with van der Waals surface area (Å²) in [5.74, 6) is -0.192. The number of hydrogen-bond acceptors (Lipinski definition) is 6. The summed E-state index contributed by atoms with van der Waals surface area (Å²) in [5, 5.41) is 5.09. The third kappa shape index (κ3) is 5.99. The molecule has 10 heteroatoms. The van der Waals surface area contributed by atoms with Gasteiger partial charge in [-0.1, -0.05) is 13.0 Å². The van der Waals surface area contributed by atoms with Crippen LogP contribution in [0.3, 0.4) is 0 Å². The molecule has 0 spiro atoms. The highest BCUT2D eigenvalue weighted by Gasteiger charge is 2.26. The summed E-state index contributed by atoms with van der Waals surface area (Å²) in [6.07, 6.45) is 3.69. The molecule has 0 aliphatic heterocycles. The predicted molar refractivity (Wildman–Crippen MR) is 111 cm³/mol. The first-order valence-electron chi connectivity index (χ1n) is 9.43. The second kappa shape index (κ2) is 9.66. The molecule has 0 aliphatic rings. The van der Waals surface area contributed by atoms with Crippen LogP contribution in [0, 0.1) is 0 Å². The van der Waals surface area contributed by atoms with Crippen molar-refractivity contribution in [1.29, 1.82) is 0 Å². The van der Waals surface area contributed by atoms with Crippen LogP contribution in [0.15, 0.2) is 46.1 Å². The molecule has 0 aliphatic carbocycles. The van der Waals surface area contributed by atoms with E-state index in [1.807, 2.05) is 25.5 Å². The smallest absolute Gasteiger partial charge is 0.328 e. The predicted octanol–water partition coefficient (Wildman–Crippen LogP) is 2.28. The molecule has 30 heavy (non-hydrogen) atoms. The molecule has 0 saturated heterocycles. The number of hydrogen-bond donors (Lipinski definition) is 3. The van der Waals surface area contributed by atoms with Crippen LogP contribution in [0.2, 0.25) is 0 Å². The standard InChI is InChI=1S/C20H27N3O6S/c1-5-9-29-16-7-6-14(11-17(16)30(26,27)23-19(25)21-4)12-18(24)22-20(2,3)15-8-10-28-13-15/h6-8,10-11,13H,5,9,12H2,1-4H3,(H,22,24)(H2,21,23,25). The average Bonchev–Trinajstić information content (AvgIpc) is 3.22. The van der Waals surface area contributed by atoms with Crippen molar-refractivity contribution in [3.8, 4) is 5.75 Å². The van der Waals surface area contributed by atoms with E-state index < -0.39 is 21.6 Å². The molecule has 164 valence electrons. The van der Waals surface area contributed by atoms with Gasteiger partial charge in [-0.15, -0.1) is 0 Å². The minimum absolute atomic E-state index is 0.0577. The molecule has 2 aromatic rings. The number of sulfonamides is 1. The van der Waals surface area contributed by atoms with E-state index in [-0.39, 0.29) is 23.0 Å². The number of amides is 3. The van der Waals surface area contributed by atoms with Crippen molar-refractivity contribution >= 4 is 22.0 Å². The summed E-state index contributed by atoms with van der Waals surface area (Å²) in [5.41, 5.74) is 0.595. The van der Waals surface area contributed by atoms with Gasteiger partial charge in [-0.2, -0.15) is 0 Å². The van der Waals surface area contributed by atoms with Gasteiger partial charge in [0, 0.05) is 12.6 Å². The summed E-state index contributed by atoms with van der Waals surface area (Å²) in [6.45, 7) is 5.86. The monoisotopic (exact) mass is 437 g/mol. The third-order valence-corrected chi connectivity index (χ3v) is 5.63. The molecule has 0 fully saturated rings. The van der Waals surface area contributed by atoms with Gasteiger partial charge in [-0.05, 0) is 44.0 Å². The van der Waals surface area contributed by atoms with Gasteiger partial charge in [0.15, 0.2) is 0 Å². The second-order valence-corrected chi connectivity index (χ2v) is 8.83. The van der Waals surface area contributed by atoms with Gasteiger partial charge >= 0.3 is 6.03 Å². The third-order valence-electron chi connectivity index (χ3n) is 4.27. The van der Waals surface area contributed by atoms with Crippen molar-refractivity contribution in [2.45, 2.75) is 44.0 Å². The number of rotatable bonds is 9. The van der Waals surface area contributed by atoms with Crippen LogP contribution in [-0.2, 0) is 26.8 Å². The lowest BCUT2D eigenvalue weighted by atomic mass is 9.97. The van der Waals surface area contributed by atoms with E-state index in [2.05, 4.69) is 10.6 Å². The molecule has 0 unspecified atom stereocenters. The van der Waals surface area contributed by atoms with Crippen LogP contribution in [0.1, 0.15) is 38.3 Å². The van der Waals surface area contributed by atoms with E-state index in [0.29, 0.717) is 18.6 Å². The van der Waals surface area contributed by atoms with E-state index in [1.165, 1.54) is 25.4 Å². The van der Waals surface area contributed by atoms with Gasteiger partial charge in [0.2, 0.25) is 5.91 Å². The van der Waals surface area contributed by atoms with Crippen LogP contribution in [0.4, 0.5) is 4.79 Å². The highest BCUT2D eigenvalue weighted by molar-refractivity contribution is 7.90. The molecule has 0 atom stereocenters. The maximum Gasteiger partial charge on any atom is 0.328 e. The maximum atomic E-state index is 12.6. The van der Waals surface area contributed by atoms with Gasteiger partial charge in [-0.25, -0.2) is 17.9 Å². The van der Waals surface area contributed by atoms with Gasteiger partial charge in [0.1, 0.15) is 10.6 Å². The van der Waals surface area contributed by atoms with Gasteiger partial charge in [0.05, 0.1) is 31.1 Å². The Bertz CT molecular complexity index is 984. The summed E-state index contributed by atoms with van der Waals surface area (Å²) in [7, 11) is -2.89. The fourth-order valence-corrected chi connectivity index (χ4v) is 3.86. The molecule has 3 amide bonds. The molecule has 1 heterocycles. The zero-order valence-corrected chi connectivity index (χ0v) is 18.3. The minimum Gasteiger partial charge on any atom is -0.492 e. The molecular formula is C20H27N3O6S. The number of urea groups is 1. The van der Waals surface area contributed by atoms with Crippen LogP contribution >= 0.6 is 0 Å². The zero-order valence-electron chi connectivity index (χ0n) is 17.4. The Morgan fingerprint density at radius 1 is 1.20 bits per heavy atom. The Morgan fingerprint density at radius 3 is 2.53 bits per heavy atom. The van der Waals surface area contributed by atoms with Crippen LogP contribution in [0.25, 0.3) is 0 Å². The largest absolute Gasteiger partial charge is 0.492 e. The Hall–Kier alpha value is -3.01. The lowest BCUT2D eigenvalue weighted by molar-refractivity contribution is -0.122. The highest BCUT2D eigenvalue weighted by atomic mass is 32.2. The SMILES string of the molecule is CCCOc1ccc(CC(=O)NC(C)(C)c2ccoc2)cc1S(=O)(=O)NC(=O)NC. The lowest BCUT2D eigenvalue weighted by Gasteiger charge is -2.25. The van der Waals surface area contributed by atoms with E-state index in [9.17, 15) is 18.0 Å². The molecule has 0 saturated carbocycles. The molecule has 1 aromatic carbocycles. The van der Waals surface area contributed by atoms with E-state index in [0.717, 1.165) is 5.56 Å². The second-order valence-electron chi connectivity index (χ2n) is 7.18. The summed E-state index contributed by atoms with van der Waals surface area (Å²) in [6, 6.07) is 5.32. The molecule has 3 N–H and O–H groups in total. The van der Waals surface area contributed by atoms with Crippen LogP contribution in [-0.4, -0.2) is 34.0 Å². The fraction of sp³-hybridized carbons (Fsp3) is 0.400. The lowest BCUT2D eigenvalue weighted by Crippen LogP contribution is -2.41. The molecule has 1 aromatic heterocycles. The van der Waals surface area contributed by atoms with Gasteiger partial charge in [-0.3, -0.25) is 4.79 Å². The van der Waals surface area contributed by atoms with Crippen molar-refractivity contribution in [2.75, 3.05) is 13.7 Å². The van der Waals surface area contributed by atoms with Crippen molar-refractivity contribution in [3.05, 3.63) is 47.9 Å². The van der Waals surface area contributed by atoms with Crippen molar-refractivity contribution in [2.24, 2.45) is 0 Å². The van der Waals surface area contributed by atoms with Crippen LogP contribution < -0.4 is 20.1 Å². The summed E-state index contributed by atoms with van der Waals surface area (Å²) < 4.78 is 37.8. The van der Waals surface area contributed by atoms with Gasteiger partial charge in [0.25, 0.3) is 10.0 Å². The number of carbonyl (C=O) groups is 2. The number of furan rings is 1. The summed E-state index contributed by atoms with van der Waals surface area (Å²) in [4.78, 5) is 23.9. The molecule has 0 bridgehead atoms. The topological polar surface area (TPSA) is 127 Å². The molecule has 9 nitrogen and oxygen atoms in total. The highest BCUT2D eigenvalue weighted by Crippen LogP contribution is 2.26. The molecule has 0 radical (unpaired) electrons. The average molecular weight is 438 g/mol. The fourth-order valence-electron chi connectivity index (χ4n) is 2.70. The first kappa shape index (κ1) is 23.3. The number of carbonyl (C=O) groups excluding carboxylic acids is 2. The quantitative estimate of drug-likeness (QED) is 0.552. The van der Waals surface area contributed by atoms with Crippen molar-refractivity contribution in [3.63, 3.8) is 0 Å². The maximum absolute atomic E-state index is 12.6. The van der Waals surface area contributed by atoms with Crippen LogP contribution in [0.5, 0.6) is 5.75 Å². The van der Waals surface area contributed by atoms with Crippen molar-refractivity contribution in [1.82, 2.24) is 15.4 Å². The molecule has 2 rings (SSSR count). The number of ether oxygens (including phenoxy) is 1. The first-order chi connectivity index (χ1) is 14.1. The Labute approximate surface area is 176 Å².